The average molecular weight is 392 g/mol. The predicted molar refractivity (Wildman–Crippen MR) is 103 cm³/mol. The molecular weight excluding hydrogens is 372 g/mol. The molecule has 0 saturated carbocycles. The predicted octanol–water partition coefficient (Wildman–Crippen LogP) is 2.18. The summed E-state index contributed by atoms with van der Waals surface area (Å²) >= 11 is 0. The van der Waals surface area contributed by atoms with E-state index >= 15 is 0 Å². The standard InChI is InChI=1S/C21H20N4O4/c22-14-15-1-3-17(4-2-15)24-19(26)16-5-8-23-18(13-16)20(27)25-9-6-21(7-10-25)28-11-12-29-21/h1-5,8,13H,6-7,9-12H2,(H,24,26). The molecule has 1 N–H and O–H groups in total. The molecule has 148 valence electrons. The van der Waals surface area contributed by atoms with Crippen LogP contribution < -0.4 is 5.32 Å². The third kappa shape index (κ3) is 4.11. The van der Waals surface area contributed by atoms with Crippen molar-refractivity contribution >= 4 is 17.5 Å². The number of pyridine rings is 1. The first-order valence-electron chi connectivity index (χ1n) is 9.43. The lowest BCUT2D eigenvalue weighted by atomic mass is 10.0. The molecule has 2 aliphatic heterocycles. The minimum Gasteiger partial charge on any atom is -0.347 e. The van der Waals surface area contributed by atoms with Gasteiger partial charge in [0.15, 0.2) is 5.79 Å². The molecule has 0 unspecified atom stereocenters. The zero-order chi connectivity index (χ0) is 20.3. The van der Waals surface area contributed by atoms with Crippen LogP contribution in [0.3, 0.4) is 0 Å². The first-order valence-corrected chi connectivity index (χ1v) is 9.43. The Hall–Kier alpha value is -3.28. The summed E-state index contributed by atoms with van der Waals surface area (Å²) in [5.41, 5.74) is 1.64. The number of rotatable bonds is 3. The van der Waals surface area contributed by atoms with Crippen LogP contribution in [-0.2, 0) is 9.47 Å². The van der Waals surface area contributed by atoms with Crippen LogP contribution >= 0.6 is 0 Å². The fourth-order valence-electron chi connectivity index (χ4n) is 3.52. The SMILES string of the molecule is N#Cc1ccc(NC(=O)c2ccnc(C(=O)N3CCC4(CC3)OCCO4)c2)cc1. The quantitative estimate of drug-likeness (QED) is 0.859. The van der Waals surface area contributed by atoms with Crippen LogP contribution in [0, 0.1) is 11.3 Å². The van der Waals surface area contributed by atoms with Crippen LogP contribution in [0.2, 0.25) is 0 Å². The third-order valence-electron chi connectivity index (χ3n) is 5.14. The van der Waals surface area contributed by atoms with E-state index in [9.17, 15) is 9.59 Å². The van der Waals surface area contributed by atoms with E-state index in [-0.39, 0.29) is 17.5 Å². The van der Waals surface area contributed by atoms with Crippen LogP contribution in [0.25, 0.3) is 0 Å². The summed E-state index contributed by atoms with van der Waals surface area (Å²) in [6.07, 6.45) is 2.70. The Kier molecular flexibility index (Phi) is 5.25. The Morgan fingerprint density at radius 1 is 1.10 bits per heavy atom. The summed E-state index contributed by atoms with van der Waals surface area (Å²) in [5, 5.41) is 11.6. The number of nitriles is 1. The molecule has 1 spiro atoms. The minimum absolute atomic E-state index is 0.217. The summed E-state index contributed by atoms with van der Waals surface area (Å²) in [6, 6.07) is 11.6. The van der Waals surface area contributed by atoms with E-state index in [4.69, 9.17) is 14.7 Å². The molecular formula is C21H20N4O4. The summed E-state index contributed by atoms with van der Waals surface area (Å²) < 4.78 is 11.4. The number of amides is 2. The lowest BCUT2D eigenvalue weighted by Crippen LogP contribution is -2.47. The highest BCUT2D eigenvalue weighted by Crippen LogP contribution is 2.31. The smallest absolute Gasteiger partial charge is 0.272 e. The van der Waals surface area contributed by atoms with Crippen molar-refractivity contribution in [1.29, 1.82) is 5.26 Å². The molecule has 2 aromatic rings. The summed E-state index contributed by atoms with van der Waals surface area (Å²) in [4.78, 5) is 31.2. The van der Waals surface area contributed by atoms with Crippen LogP contribution in [0.5, 0.6) is 0 Å². The highest BCUT2D eigenvalue weighted by atomic mass is 16.7. The maximum absolute atomic E-state index is 12.8. The van der Waals surface area contributed by atoms with Gasteiger partial charge in [0.25, 0.3) is 11.8 Å². The Labute approximate surface area is 168 Å². The van der Waals surface area contributed by atoms with Crippen molar-refractivity contribution in [2.45, 2.75) is 18.6 Å². The Morgan fingerprint density at radius 2 is 1.79 bits per heavy atom. The van der Waals surface area contributed by atoms with E-state index in [1.165, 1.54) is 12.3 Å². The van der Waals surface area contributed by atoms with Crippen molar-refractivity contribution in [3.8, 4) is 6.07 Å². The van der Waals surface area contributed by atoms with Gasteiger partial charge in [0.1, 0.15) is 5.69 Å². The molecule has 1 aromatic carbocycles. The Bertz CT molecular complexity index is 951. The van der Waals surface area contributed by atoms with E-state index in [2.05, 4.69) is 10.3 Å². The Balaban J connectivity index is 1.41. The zero-order valence-corrected chi connectivity index (χ0v) is 15.8. The number of carbonyl (C=O) groups is 2. The summed E-state index contributed by atoms with van der Waals surface area (Å²) in [5.74, 6) is -1.12. The highest BCUT2D eigenvalue weighted by Gasteiger charge is 2.41. The number of benzene rings is 1. The van der Waals surface area contributed by atoms with Gasteiger partial charge in [-0.1, -0.05) is 0 Å². The van der Waals surface area contributed by atoms with Crippen molar-refractivity contribution < 1.29 is 19.1 Å². The van der Waals surface area contributed by atoms with Gasteiger partial charge in [-0.2, -0.15) is 5.26 Å². The molecule has 0 atom stereocenters. The number of nitrogens with one attached hydrogen (secondary N) is 1. The molecule has 8 heteroatoms. The molecule has 2 aliphatic rings. The first-order chi connectivity index (χ1) is 14.1. The van der Waals surface area contributed by atoms with Crippen molar-refractivity contribution in [3.63, 3.8) is 0 Å². The number of carbonyl (C=O) groups excluding carboxylic acids is 2. The number of ether oxygens (including phenoxy) is 2. The van der Waals surface area contributed by atoms with E-state index in [0.29, 0.717) is 56.0 Å². The number of nitrogens with zero attached hydrogens (tertiary/aromatic N) is 3. The van der Waals surface area contributed by atoms with Crippen molar-refractivity contribution in [2.75, 3.05) is 31.6 Å². The molecule has 1 aromatic heterocycles. The van der Waals surface area contributed by atoms with Gasteiger partial charge in [-0.25, -0.2) is 0 Å². The van der Waals surface area contributed by atoms with Crippen LogP contribution in [-0.4, -0.2) is 53.8 Å². The lowest BCUT2D eigenvalue weighted by molar-refractivity contribution is -0.181. The van der Waals surface area contributed by atoms with Gasteiger partial charge in [-0.15, -0.1) is 0 Å². The Morgan fingerprint density at radius 3 is 2.45 bits per heavy atom. The largest absolute Gasteiger partial charge is 0.347 e. The van der Waals surface area contributed by atoms with Gasteiger partial charge in [0.2, 0.25) is 0 Å². The van der Waals surface area contributed by atoms with Crippen LogP contribution in [0.15, 0.2) is 42.6 Å². The maximum Gasteiger partial charge on any atom is 0.272 e. The fourth-order valence-corrected chi connectivity index (χ4v) is 3.52. The zero-order valence-electron chi connectivity index (χ0n) is 15.8. The minimum atomic E-state index is -0.549. The first kappa shape index (κ1) is 19.1. The average Bonchev–Trinajstić information content (AvgIpc) is 3.22. The number of aromatic nitrogens is 1. The highest BCUT2D eigenvalue weighted by molar-refractivity contribution is 6.05. The lowest BCUT2D eigenvalue weighted by Gasteiger charge is -2.37. The van der Waals surface area contributed by atoms with E-state index in [1.54, 1.807) is 35.2 Å². The topological polar surface area (TPSA) is 105 Å². The number of piperidine rings is 1. The monoisotopic (exact) mass is 392 g/mol. The van der Waals surface area contributed by atoms with E-state index in [0.717, 1.165) is 0 Å². The van der Waals surface area contributed by atoms with Crippen molar-refractivity contribution in [3.05, 3.63) is 59.4 Å². The van der Waals surface area contributed by atoms with Gasteiger partial charge in [-0.3, -0.25) is 14.6 Å². The number of hydrogen-bond acceptors (Lipinski definition) is 6. The second-order valence-corrected chi connectivity index (χ2v) is 6.97. The summed E-state index contributed by atoms with van der Waals surface area (Å²) in [7, 11) is 0. The molecule has 2 saturated heterocycles. The second kappa shape index (κ2) is 7.99. The maximum atomic E-state index is 12.8. The summed E-state index contributed by atoms with van der Waals surface area (Å²) in [6.45, 7) is 2.21. The third-order valence-corrected chi connectivity index (χ3v) is 5.14. The number of likely N-dealkylation sites (tertiary alicyclic amines) is 1. The van der Waals surface area contributed by atoms with Crippen LogP contribution in [0.4, 0.5) is 5.69 Å². The molecule has 2 fully saturated rings. The molecule has 0 bridgehead atoms. The van der Waals surface area contributed by atoms with Crippen LogP contribution in [0.1, 0.15) is 39.3 Å². The van der Waals surface area contributed by atoms with E-state index in [1.807, 2.05) is 6.07 Å². The van der Waals surface area contributed by atoms with Gasteiger partial charge >= 0.3 is 0 Å². The molecule has 29 heavy (non-hydrogen) atoms. The number of anilines is 1. The molecule has 0 radical (unpaired) electrons. The van der Waals surface area contributed by atoms with Gasteiger partial charge < -0.3 is 19.7 Å². The van der Waals surface area contributed by atoms with Gasteiger partial charge in [0.05, 0.1) is 24.8 Å². The van der Waals surface area contributed by atoms with Crippen molar-refractivity contribution in [2.24, 2.45) is 0 Å². The van der Waals surface area contributed by atoms with Gasteiger partial charge in [-0.05, 0) is 36.4 Å². The molecule has 8 nitrogen and oxygen atoms in total. The molecule has 3 heterocycles. The van der Waals surface area contributed by atoms with Crippen molar-refractivity contribution in [1.82, 2.24) is 9.88 Å². The second-order valence-electron chi connectivity index (χ2n) is 6.97. The normalized spacial score (nSPS) is 17.7. The van der Waals surface area contributed by atoms with E-state index < -0.39 is 5.79 Å². The molecule has 4 rings (SSSR count). The number of hydrogen-bond donors (Lipinski definition) is 1. The fraction of sp³-hybridized carbons (Fsp3) is 0.333. The van der Waals surface area contributed by atoms with Gasteiger partial charge in [0, 0.05) is 43.4 Å². The molecule has 2 amide bonds. The molecule has 0 aliphatic carbocycles.